The summed E-state index contributed by atoms with van der Waals surface area (Å²) in [6.07, 6.45) is 3.43. The summed E-state index contributed by atoms with van der Waals surface area (Å²) in [4.78, 5) is 38.4. The maximum absolute atomic E-state index is 13.1. The Hall–Kier alpha value is -3.00. The Balaban J connectivity index is 1.63. The Bertz CT molecular complexity index is 900. The molecule has 4 rings (SSSR count). The van der Waals surface area contributed by atoms with E-state index in [4.69, 9.17) is 0 Å². The first-order valence-corrected chi connectivity index (χ1v) is 10.0. The number of nitrogens with one attached hydrogen (secondary N) is 1. The molecule has 0 unspecified atom stereocenters. The third-order valence-corrected chi connectivity index (χ3v) is 5.67. The van der Waals surface area contributed by atoms with E-state index in [-0.39, 0.29) is 36.8 Å². The number of pyridine rings is 2. The number of Topliss-reactive ketones (excluding diaryl/α,β-unsaturated/α-hetero) is 1. The number of carbonyl (C=O) groups excluding carboxylic acids is 2. The van der Waals surface area contributed by atoms with Crippen molar-refractivity contribution < 1.29 is 14.7 Å². The standard InChI is InChI=1S/C21H25N5O3/c1-2-14(13-27)11-18(28)16-6-7-17-20(23-16)26(15-8-10-25(17)12-15)21(29)24-19-5-3-4-9-22-19/h3-7,9,14-15,27H,2,8,10-13H2,1H3,(H,22,24,29)/t14-,15+/m1/s1. The highest BCUT2D eigenvalue weighted by Gasteiger charge is 2.40. The van der Waals surface area contributed by atoms with Gasteiger partial charge in [0.2, 0.25) is 0 Å². The van der Waals surface area contributed by atoms with Crippen molar-refractivity contribution in [2.24, 2.45) is 5.92 Å². The number of aromatic nitrogens is 2. The van der Waals surface area contributed by atoms with E-state index in [0.29, 0.717) is 17.3 Å². The number of hydrogen-bond acceptors (Lipinski definition) is 6. The topological polar surface area (TPSA) is 98.7 Å². The second-order valence-electron chi connectivity index (χ2n) is 7.53. The molecule has 2 N–H and O–H groups in total. The molecule has 2 amide bonds. The van der Waals surface area contributed by atoms with E-state index in [1.165, 1.54) is 0 Å². The van der Waals surface area contributed by atoms with Gasteiger partial charge < -0.3 is 10.0 Å². The SMILES string of the molecule is CC[C@@H](CO)CC(=O)c1ccc2c(n1)N(C(=O)Nc1ccccn1)[C@H]1CCN2C1. The lowest BCUT2D eigenvalue weighted by molar-refractivity contribution is 0.0929. The largest absolute Gasteiger partial charge is 0.396 e. The van der Waals surface area contributed by atoms with Crippen LogP contribution in [0.5, 0.6) is 0 Å². The van der Waals surface area contributed by atoms with Crippen LogP contribution in [0.1, 0.15) is 36.7 Å². The van der Waals surface area contributed by atoms with Gasteiger partial charge in [-0.15, -0.1) is 0 Å². The van der Waals surface area contributed by atoms with Gasteiger partial charge in [0.25, 0.3) is 0 Å². The number of amides is 2. The molecule has 0 spiro atoms. The molecule has 1 fully saturated rings. The predicted octanol–water partition coefficient (Wildman–Crippen LogP) is 2.70. The molecule has 0 radical (unpaired) electrons. The molecule has 152 valence electrons. The fraction of sp³-hybridized carbons (Fsp3) is 0.429. The lowest BCUT2D eigenvalue weighted by Crippen LogP contribution is -2.48. The molecule has 2 atom stereocenters. The molecule has 2 aromatic heterocycles. The molecular formula is C21H25N5O3. The van der Waals surface area contributed by atoms with Gasteiger partial charge in [-0.05, 0) is 36.6 Å². The molecule has 2 aliphatic rings. The Morgan fingerprint density at radius 3 is 2.90 bits per heavy atom. The number of rotatable bonds is 6. The minimum Gasteiger partial charge on any atom is -0.396 e. The summed E-state index contributed by atoms with van der Waals surface area (Å²) < 4.78 is 0. The maximum atomic E-state index is 13.1. The number of urea groups is 1. The van der Waals surface area contributed by atoms with E-state index in [2.05, 4.69) is 20.2 Å². The van der Waals surface area contributed by atoms with Crippen LogP contribution in [-0.2, 0) is 0 Å². The molecular weight excluding hydrogens is 370 g/mol. The number of aliphatic hydroxyl groups excluding tert-OH is 1. The molecule has 2 aromatic rings. The van der Waals surface area contributed by atoms with Crippen molar-refractivity contribution in [1.82, 2.24) is 9.97 Å². The van der Waals surface area contributed by atoms with Crippen LogP contribution in [0, 0.1) is 5.92 Å². The van der Waals surface area contributed by atoms with Gasteiger partial charge in [-0.2, -0.15) is 0 Å². The van der Waals surface area contributed by atoms with Crippen molar-refractivity contribution >= 4 is 29.1 Å². The Labute approximate surface area is 169 Å². The summed E-state index contributed by atoms with van der Waals surface area (Å²) in [5, 5.41) is 12.2. The second kappa shape index (κ2) is 8.16. The quantitative estimate of drug-likeness (QED) is 0.730. The number of carbonyl (C=O) groups is 2. The zero-order valence-electron chi connectivity index (χ0n) is 16.4. The van der Waals surface area contributed by atoms with E-state index < -0.39 is 0 Å². The van der Waals surface area contributed by atoms with Crippen LogP contribution in [0.2, 0.25) is 0 Å². The van der Waals surface area contributed by atoms with Crippen LogP contribution >= 0.6 is 0 Å². The van der Waals surface area contributed by atoms with Crippen molar-refractivity contribution in [3.8, 4) is 0 Å². The second-order valence-corrected chi connectivity index (χ2v) is 7.53. The highest BCUT2D eigenvalue weighted by atomic mass is 16.3. The molecule has 0 saturated carbocycles. The first kappa shape index (κ1) is 19.3. The predicted molar refractivity (Wildman–Crippen MR) is 110 cm³/mol. The van der Waals surface area contributed by atoms with Crippen LogP contribution in [-0.4, -0.2) is 52.6 Å². The smallest absolute Gasteiger partial charge is 0.329 e. The molecule has 2 bridgehead atoms. The molecule has 8 heteroatoms. The number of aliphatic hydroxyl groups is 1. The molecule has 8 nitrogen and oxygen atoms in total. The minimum atomic E-state index is -0.296. The molecule has 0 aromatic carbocycles. The zero-order valence-corrected chi connectivity index (χ0v) is 16.4. The lowest BCUT2D eigenvalue weighted by atomic mass is 9.99. The fourth-order valence-corrected chi connectivity index (χ4v) is 3.94. The summed E-state index contributed by atoms with van der Waals surface area (Å²) in [7, 11) is 0. The van der Waals surface area contributed by atoms with Crippen LogP contribution in [0.3, 0.4) is 0 Å². The van der Waals surface area contributed by atoms with Gasteiger partial charge in [0.05, 0.1) is 11.7 Å². The van der Waals surface area contributed by atoms with Crippen molar-refractivity contribution in [2.75, 3.05) is 34.8 Å². The normalized spacial score (nSPS) is 18.3. The number of nitrogens with zero attached hydrogens (tertiary/aromatic N) is 4. The van der Waals surface area contributed by atoms with Crippen molar-refractivity contribution in [3.05, 3.63) is 42.2 Å². The van der Waals surface area contributed by atoms with E-state index in [1.807, 2.05) is 19.1 Å². The summed E-state index contributed by atoms with van der Waals surface area (Å²) in [5.74, 6) is 0.783. The Morgan fingerprint density at radius 2 is 2.17 bits per heavy atom. The van der Waals surface area contributed by atoms with Gasteiger partial charge in [-0.3, -0.25) is 15.0 Å². The van der Waals surface area contributed by atoms with Gasteiger partial charge in [0.15, 0.2) is 11.6 Å². The van der Waals surface area contributed by atoms with Crippen LogP contribution in [0.25, 0.3) is 0 Å². The van der Waals surface area contributed by atoms with Crippen molar-refractivity contribution in [1.29, 1.82) is 0 Å². The third-order valence-electron chi connectivity index (χ3n) is 5.67. The summed E-state index contributed by atoms with van der Waals surface area (Å²) in [5.41, 5.74) is 1.19. The maximum Gasteiger partial charge on any atom is 0.329 e. The number of ketones is 1. The van der Waals surface area contributed by atoms with E-state index >= 15 is 0 Å². The summed E-state index contributed by atoms with van der Waals surface area (Å²) in [6, 6.07) is 8.63. The number of hydrogen-bond donors (Lipinski definition) is 2. The fourth-order valence-electron chi connectivity index (χ4n) is 3.94. The average molecular weight is 395 g/mol. The zero-order chi connectivity index (χ0) is 20.4. The van der Waals surface area contributed by atoms with Crippen LogP contribution < -0.4 is 15.1 Å². The van der Waals surface area contributed by atoms with Gasteiger partial charge in [-0.1, -0.05) is 19.4 Å². The monoisotopic (exact) mass is 395 g/mol. The van der Waals surface area contributed by atoms with E-state index in [1.54, 1.807) is 29.3 Å². The first-order valence-electron chi connectivity index (χ1n) is 10.0. The molecule has 0 aliphatic carbocycles. The van der Waals surface area contributed by atoms with Crippen LogP contribution in [0.4, 0.5) is 22.1 Å². The summed E-state index contributed by atoms with van der Waals surface area (Å²) in [6.45, 7) is 3.52. The van der Waals surface area contributed by atoms with E-state index in [0.717, 1.165) is 31.6 Å². The number of anilines is 3. The molecule has 2 aliphatic heterocycles. The number of fused-ring (bicyclic) bond motifs is 4. The summed E-state index contributed by atoms with van der Waals surface area (Å²) >= 11 is 0. The average Bonchev–Trinajstić information content (AvgIpc) is 3.16. The molecule has 29 heavy (non-hydrogen) atoms. The molecule has 4 heterocycles. The van der Waals surface area contributed by atoms with Crippen LogP contribution in [0.15, 0.2) is 36.5 Å². The third kappa shape index (κ3) is 3.80. The lowest BCUT2D eigenvalue weighted by Gasteiger charge is -2.35. The van der Waals surface area contributed by atoms with Gasteiger partial charge >= 0.3 is 6.03 Å². The Morgan fingerprint density at radius 1 is 1.31 bits per heavy atom. The van der Waals surface area contributed by atoms with Gasteiger partial charge in [-0.25, -0.2) is 14.8 Å². The van der Waals surface area contributed by atoms with Gasteiger partial charge in [0.1, 0.15) is 11.5 Å². The van der Waals surface area contributed by atoms with Crippen molar-refractivity contribution in [3.63, 3.8) is 0 Å². The van der Waals surface area contributed by atoms with E-state index in [9.17, 15) is 14.7 Å². The molecule has 1 saturated heterocycles. The highest BCUT2D eigenvalue weighted by Crippen LogP contribution is 2.39. The Kier molecular flexibility index (Phi) is 5.44. The highest BCUT2D eigenvalue weighted by molar-refractivity contribution is 6.05. The minimum absolute atomic E-state index is 0.00453. The first-order chi connectivity index (χ1) is 14.1. The van der Waals surface area contributed by atoms with Gasteiger partial charge in [0, 0.05) is 32.3 Å². The van der Waals surface area contributed by atoms with Crippen molar-refractivity contribution in [2.45, 2.75) is 32.2 Å².